The maximum absolute atomic E-state index is 11.3. The summed E-state index contributed by atoms with van der Waals surface area (Å²) in [6, 6.07) is 6.82. The van der Waals surface area contributed by atoms with Crippen LogP contribution in [0.2, 0.25) is 0 Å². The number of carbonyl (C=O) groups excluding carboxylic acids is 1. The zero-order chi connectivity index (χ0) is 12.5. The number of ether oxygens (including phenoxy) is 1. The molecule has 3 nitrogen and oxygen atoms in total. The lowest BCUT2D eigenvalue weighted by atomic mass is 9.92. The van der Waals surface area contributed by atoms with Gasteiger partial charge < -0.3 is 9.64 Å². The minimum absolute atomic E-state index is 0.420. The van der Waals surface area contributed by atoms with Gasteiger partial charge >= 0.3 is 0 Å². The molecule has 0 atom stereocenters. The van der Waals surface area contributed by atoms with Crippen LogP contribution in [-0.2, 0) is 4.79 Å². The van der Waals surface area contributed by atoms with Gasteiger partial charge in [-0.3, -0.25) is 4.79 Å². The predicted molar refractivity (Wildman–Crippen MR) is 71.3 cm³/mol. The van der Waals surface area contributed by atoms with E-state index in [1.165, 1.54) is 11.3 Å². The molecule has 0 unspecified atom stereocenters. The predicted octanol–water partition coefficient (Wildman–Crippen LogP) is 2.71. The summed E-state index contributed by atoms with van der Waals surface area (Å²) in [7, 11) is 0. The molecule has 0 saturated heterocycles. The largest absolute Gasteiger partial charge is 0.489 e. The molecule has 0 amide bonds. The van der Waals surface area contributed by atoms with Crippen molar-refractivity contribution in [1.82, 2.24) is 0 Å². The van der Waals surface area contributed by atoms with E-state index in [4.69, 9.17) is 4.74 Å². The van der Waals surface area contributed by atoms with Crippen molar-refractivity contribution in [3.05, 3.63) is 23.8 Å². The summed E-state index contributed by atoms with van der Waals surface area (Å²) in [5.41, 5.74) is 2.41. The smallest absolute Gasteiger partial charge is 0.145 e. The molecule has 0 aromatic heterocycles. The van der Waals surface area contributed by atoms with Crippen molar-refractivity contribution >= 4 is 11.5 Å². The number of hydrogen-bond acceptors (Lipinski definition) is 3. The van der Waals surface area contributed by atoms with Gasteiger partial charge in [-0.25, -0.2) is 0 Å². The molecule has 0 spiro atoms. The topological polar surface area (TPSA) is 29.5 Å². The Morgan fingerprint density at radius 1 is 1.28 bits per heavy atom. The molecule has 1 aliphatic carbocycles. The molecule has 1 fully saturated rings. The van der Waals surface area contributed by atoms with Gasteiger partial charge in [-0.1, -0.05) is 12.1 Å². The minimum atomic E-state index is 0.420. The number of benzene rings is 1. The van der Waals surface area contributed by atoms with Gasteiger partial charge in [0.2, 0.25) is 0 Å². The van der Waals surface area contributed by atoms with E-state index in [-0.39, 0.29) is 0 Å². The summed E-state index contributed by atoms with van der Waals surface area (Å²) < 4.78 is 5.79. The fraction of sp³-hybridized carbons (Fsp3) is 0.533. The zero-order valence-electron chi connectivity index (χ0n) is 10.8. The van der Waals surface area contributed by atoms with Crippen LogP contribution in [0.4, 0.5) is 5.69 Å². The van der Waals surface area contributed by atoms with Crippen LogP contribution in [0.25, 0.3) is 0 Å². The highest BCUT2D eigenvalue weighted by Crippen LogP contribution is 2.37. The quantitative estimate of drug-likeness (QED) is 0.762. The summed E-state index contributed by atoms with van der Waals surface area (Å²) in [4.78, 5) is 13.8. The Bertz CT molecular complexity index is 460. The van der Waals surface area contributed by atoms with Crippen LogP contribution >= 0.6 is 0 Å². The fourth-order valence-corrected chi connectivity index (χ4v) is 3.03. The lowest BCUT2D eigenvalue weighted by Crippen LogP contribution is -2.43. The van der Waals surface area contributed by atoms with Crippen LogP contribution in [0, 0.1) is 6.92 Å². The number of nitrogens with zero attached hydrogens (tertiary/aromatic N) is 1. The van der Waals surface area contributed by atoms with Crippen LogP contribution in [-0.4, -0.2) is 25.0 Å². The fourth-order valence-electron chi connectivity index (χ4n) is 3.03. The summed E-state index contributed by atoms with van der Waals surface area (Å²) in [5.74, 6) is 1.45. The lowest BCUT2D eigenvalue weighted by molar-refractivity contribution is -0.120. The number of Topliss-reactive ketones (excluding diaryl/α,β-unsaturated/α-hetero) is 1. The highest BCUT2D eigenvalue weighted by Gasteiger charge is 2.28. The number of fused-ring (bicyclic) bond motifs is 1. The molecule has 18 heavy (non-hydrogen) atoms. The third-order valence-electron chi connectivity index (χ3n) is 4.03. The Labute approximate surface area is 108 Å². The van der Waals surface area contributed by atoms with Crippen LogP contribution < -0.4 is 9.64 Å². The lowest BCUT2D eigenvalue weighted by Gasteiger charge is -2.39. The molecule has 0 N–H and O–H groups in total. The molecule has 2 aliphatic rings. The molecule has 3 rings (SSSR count). The van der Waals surface area contributed by atoms with Crippen LogP contribution in [0.1, 0.15) is 31.2 Å². The van der Waals surface area contributed by atoms with E-state index in [1.54, 1.807) is 0 Å². The van der Waals surface area contributed by atoms with E-state index in [0.29, 0.717) is 11.8 Å². The standard InChI is InChI=1S/C15H19NO2/c1-11-3-2-4-14-15(11)18-10-9-16(14)12-5-7-13(17)8-6-12/h2-4,12H,5-10H2,1H3. The van der Waals surface area contributed by atoms with Crippen LogP contribution in [0.15, 0.2) is 18.2 Å². The molecule has 3 heteroatoms. The number of ketones is 1. The minimum Gasteiger partial charge on any atom is -0.489 e. The first kappa shape index (κ1) is 11.6. The monoisotopic (exact) mass is 245 g/mol. The van der Waals surface area contributed by atoms with Gasteiger partial charge in [0.15, 0.2) is 0 Å². The van der Waals surface area contributed by atoms with E-state index in [2.05, 4.69) is 30.0 Å². The van der Waals surface area contributed by atoms with Crippen molar-refractivity contribution in [3.8, 4) is 5.75 Å². The molecule has 0 bridgehead atoms. The van der Waals surface area contributed by atoms with Gasteiger partial charge in [-0.05, 0) is 31.4 Å². The molecular formula is C15H19NO2. The molecule has 1 aromatic rings. The maximum atomic E-state index is 11.3. The average Bonchev–Trinajstić information content (AvgIpc) is 2.40. The third-order valence-corrected chi connectivity index (χ3v) is 4.03. The Kier molecular flexibility index (Phi) is 2.98. The molecular weight excluding hydrogens is 226 g/mol. The number of hydrogen-bond donors (Lipinski definition) is 0. The number of anilines is 1. The van der Waals surface area contributed by atoms with Gasteiger partial charge in [-0.2, -0.15) is 0 Å². The third kappa shape index (κ3) is 1.98. The van der Waals surface area contributed by atoms with Crippen molar-refractivity contribution in [3.63, 3.8) is 0 Å². The number of para-hydroxylation sites is 1. The second-order valence-corrected chi connectivity index (χ2v) is 5.23. The summed E-state index contributed by atoms with van der Waals surface area (Å²) >= 11 is 0. The molecule has 96 valence electrons. The summed E-state index contributed by atoms with van der Waals surface area (Å²) in [6.07, 6.45) is 3.46. The van der Waals surface area contributed by atoms with E-state index in [0.717, 1.165) is 44.6 Å². The highest BCUT2D eigenvalue weighted by atomic mass is 16.5. The van der Waals surface area contributed by atoms with Crippen molar-refractivity contribution in [2.45, 2.75) is 38.6 Å². The van der Waals surface area contributed by atoms with E-state index in [9.17, 15) is 4.79 Å². The first-order chi connectivity index (χ1) is 8.75. The summed E-state index contributed by atoms with van der Waals surface area (Å²) in [5, 5.41) is 0. The Morgan fingerprint density at radius 3 is 2.83 bits per heavy atom. The number of rotatable bonds is 1. The average molecular weight is 245 g/mol. The maximum Gasteiger partial charge on any atom is 0.145 e. The Balaban J connectivity index is 1.87. The number of aryl methyl sites for hydroxylation is 1. The van der Waals surface area contributed by atoms with Gasteiger partial charge in [-0.15, -0.1) is 0 Å². The van der Waals surface area contributed by atoms with E-state index in [1.807, 2.05) is 0 Å². The molecule has 0 radical (unpaired) electrons. The SMILES string of the molecule is Cc1cccc2c1OCCN2C1CCC(=O)CC1. The van der Waals surface area contributed by atoms with Crippen molar-refractivity contribution in [2.75, 3.05) is 18.1 Å². The van der Waals surface area contributed by atoms with Crippen LogP contribution in [0.3, 0.4) is 0 Å². The second kappa shape index (κ2) is 4.63. The molecule has 1 heterocycles. The highest BCUT2D eigenvalue weighted by molar-refractivity contribution is 5.79. The van der Waals surface area contributed by atoms with Crippen LogP contribution in [0.5, 0.6) is 5.75 Å². The second-order valence-electron chi connectivity index (χ2n) is 5.23. The van der Waals surface area contributed by atoms with Gasteiger partial charge in [0.25, 0.3) is 0 Å². The Hall–Kier alpha value is -1.51. The van der Waals surface area contributed by atoms with Gasteiger partial charge in [0, 0.05) is 18.9 Å². The number of carbonyl (C=O) groups is 1. The Morgan fingerprint density at radius 2 is 2.06 bits per heavy atom. The van der Waals surface area contributed by atoms with Gasteiger partial charge in [0.05, 0.1) is 12.2 Å². The van der Waals surface area contributed by atoms with Crippen molar-refractivity contribution in [1.29, 1.82) is 0 Å². The molecule has 1 aromatic carbocycles. The normalized spacial score (nSPS) is 20.5. The molecule has 1 saturated carbocycles. The van der Waals surface area contributed by atoms with E-state index < -0.39 is 0 Å². The van der Waals surface area contributed by atoms with Crippen molar-refractivity contribution in [2.24, 2.45) is 0 Å². The van der Waals surface area contributed by atoms with E-state index >= 15 is 0 Å². The zero-order valence-corrected chi connectivity index (χ0v) is 10.8. The molecule has 1 aliphatic heterocycles. The first-order valence-electron chi connectivity index (χ1n) is 6.76. The summed E-state index contributed by atoms with van der Waals surface area (Å²) in [6.45, 7) is 3.78. The van der Waals surface area contributed by atoms with Crippen molar-refractivity contribution < 1.29 is 9.53 Å². The first-order valence-corrected chi connectivity index (χ1v) is 6.76. The van der Waals surface area contributed by atoms with Gasteiger partial charge in [0.1, 0.15) is 18.1 Å².